The molecule has 4 rings (SSSR count). The number of hydrogen-bond acceptors (Lipinski definition) is 6. The smallest absolute Gasteiger partial charge is 0.308 e. The first-order chi connectivity index (χ1) is 17.8. The van der Waals surface area contributed by atoms with Crippen molar-refractivity contribution in [3.05, 3.63) is 88.9 Å². The van der Waals surface area contributed by atoms with Crippen LogP contribution in [-0.4, -0.2) is 48.3 Å². The second-order valence-electron chi connectivity index (χ2n) is 8.48. The molecule has 0 N–H and O–H groups in total. The van der Waals surface area contributed by atoms with Crippen molar-refractivity contribution < 1.29 is 28.7 Å². The van der Waals surface area contributed by atoms with E-state index in [4.69, 9.17) is 21.1 Å². The molecule has 1 saturated heterocycles. The number of benzene rings is 3. The number of esters is 1. The zero-order valence-corrected chi connectivity index (χ0v) is 21.1. The van der Waals surface area contributed by atoms with Crippen molar-refractivity contribution in [3.8, 4) is 11.5 Å². The number of imide groups is 1. The minimum Gasteiger partial charge on any atom is -0.497 e. The number of ether oxygens (including phenoxy) is 2. The van der Waals surface area contributed by atoms with E-state index in [1.165, 1.54) is 43.2 Å². The topological polar surface area (TPSA) is 93.2 Å². The molecule has 3 aromatic rings. The summed E-state index contributed by atoms with van der Waals surface area (Å²) in [6.45, 7) is 1.48. The Morgan fingerprint density at radius 2 is 1.68 bits per heavy atom. The molecular formula is C28H25ClN2O6. The molecule has 1 atom stereocenters. The Balaban J connectivity index is 1.61. The van der Waals surface area contributed by atoms with Gasteiger partial charge in [-0.3, -0.25) is 19.2 Å². The molecule has 0 aliphatic carbocycles. The molecule has 3 aromatic carbocycles. The third-order valence-corrected chi connectivity index (χ3v) is 6.22. The van der Waals surface area contributed by atoms with Crippen LogP contribution in [0.3, 0.4) is 0 Å². The van der Waals surface area contributed by atoms with Crippen LogP contribution in [0.1, 0.15) is 29.3 Å². The number of methoxy groups -OCH3 is 1. The van der Waals surface area contributed by atoms with Crippen LogP contribution < -0.4 is 14.4 Å². The molecule has 0 bridgehead atoms. The number of amides is 3. The van der Waals surface area contributed by atoms with Crippen LogP contribution in [0, 0.1) is 0 Å². The van der Waals surface area contributed by atoms with E-state index in [0.29, 0.717) is 34.2 Å². The number of rotatable bonds is 8. The van der Waals surface area contributed by atoms with E-state index < -0.39 is 23.8 Å². The van der Waals surface area contributed by atoms with Gasteiger partial charge in [-0.2, -0.15) is 0 Å². The lowest BCUT2D eigenvalue weighted by Gasteiger charge is -2.28. The lowest BCUT2D eigenvalue weighted by molar-refractivity contribution is -0.132. The van der Waals surface area contributed by atoms with Crippen LogP contribution in [0.2, 0.25) is 5.02 Å². The van der Waals surface area contributed by atoms with Crippen LogP contribution in [-0.2, 0) is 20.8 Å². The van der Waals surface area contributed by atoms with E-state index in [0.717, 1.165) is 10.5 Å². The summed E-state index contributed by atoms with van der Waals surface area (Å²) < 4.78 is 10.2. The Hall–Kier alpha value is -4.17. The van der Waals surface area contributed by atoms with Gasteiger partial charge in [-0.1, -0.05) is 23.7 Å². The highest BCUT2D eigenvalue weighted by Crippen LogP contribution is 2.29. The van der Waals surface area contributed by atoms with Crippen LogP contribution in [0.25, 0.3) is 0 Å². The summed E-state index contributed by atoms with van der Waals surface area (Å²) in [6, 6.07) is 18.9. The van der Waals surface area contributed by atoms with Gasteiger partial charge in [0.05, 0.1) is 19.2 Å². The first-order valence-electron chi connectivity index (χ1n) is 11.6. The van der Waals surface area contributed by atoms with Gasteiger partial charge in [-0.15, -0.1) is 0 Å². The summed E-state index contributed by atoms with van der Waals surface area (Å²) in [5.41, 5.74) is 1.60. The van der Waals surface area contributed by atoms with Crippen LogP contribution in [0.4, 0.5) is 5.69 Å². The first kappa shape index (κ1) is 25.9. The zero-order chi connectivity index (χ0) is 26.5. The second-order valence-corrected chi connectivity index (χ2v) is 8.92. The number of carbonyl (C=O) groups is 4. The van der Waals surface area contributed by atoms with Gasteiger partial charge < -0.3 is 14.4 Å². The van der Waals surface area contributed by atoms with Gasteiger partial charge in [0, 0.05) is 24.1 Å². The number of anilines is 1. The SMILES string of the molecule is COc1ccc(C(=O)N(CCc2cccc(Cl)c2)C2CC(=O)N(c3ccc(OC(C)=O)cc3)C2=O)cc1. The maximum absolute atomic E-state index is 13.6. The molecule has 9 heteroatoms. The first-order valence-corrected chi connectivity index (χ1v) is 12.0. The van der Waals surface area contributed by atoms with E-state index in [9.17, 15) is 19.2 Å². The molecule has 0 aromatic heterocycles. The van der Waals surface area contributed by atoms with Crippen molar-refractivity contribution in [2.45, 2.75) is 25.8 Å². The van der Waals surface area contributed by atoms with Gasteiger partial charge in [0.1, 0.15) is 17.5 Å². The molecule has 190 valence electrons. The molecule has 37 heavy (non-hydrogen) atoms. The number of hydrogen-bond donors (Lipinski definition) is 0. The highest BCUT2D eigenvalue weighted by Gasteiger charge is 2.44. The average Bonchev–Trinajstić information content (AvgIpc) is 3.17. The number of carbonyl (C=O) groups excluding carboxylic acids is 4. The van der Waals surface area contributed by atoms with E-state index in [1.54, 1.807) is 36.4 Å². The fraction of sp³-hybridized carbons (Fsp3) is 0.214. The molecule has 0 saturated carbocycles. The Morgan fingerprint density at radius 1 is 1.00 bits per heavy atom. The number of nitrogens with zero attached hydrogens (tertiary/aromatic N) is 2. The van der Waals surface area contributed by atoms with Crippen molar-refractivity contribution in [2.24, 2.45) is 0 Å². The van der Waals surface area contributed by atoms with Crippen molar-refractivity contribution >= 4 is 41.0 Å². The maximum Gasteiger partial charge on any atom is 0.308 e. The van der Waals surface area contributed by atoms with Crippen molar-refractivity contribution in [1.82, 2.24) is 4.90 Å². The Labute approximate surface area is 219 Å². The molecule has 1 heterocycles. The third-order valence-electron chi connectivity index (χ3n) is 5.98. The summed E-state index contributed by atoms with van der Waals surface area (Å²) >= 11 is 6.12. The normalized spacial score (nSPS) is 15.0. The van der Waals surface area contributed by atoms with Crippen LogP contribution >= 0.6 is 11.6 Å². The quantitative estimate of drug-likeness (QED) is 0.250. The highest BCUT2D eigenvalue weighted by atomic mass is 35.5. The van der Waals surface area contributed by atoms with Crippen molar-refractivity contribution in [3.63, 3.8) is 0 Å². The molecule has 8 nitrogen and oxygen atoms in total. The molecule has 1 aliphatic rings. The molecule has 0 radical (unpaired) electrons. The molecule has 1 fully saturated rings. The molecule has 3 amide bonds. The highest BCUT2D eigenvalue weighted by molar-refractivity contribution is 6.30. The van der Waals surface area contributed by atoms with Crippen molar-refractivity contribution in [2.75, 3.05) is 18.6 Å². The standard InChI is InChI=1S/C28H25ClN2O6/c1-18(32)37-24-12-8-22(9-13-24)31-26(33)17-25(28(31)35)30(15-14-19-4-3-5-21(29)16-19)27(34)20-6-10-23(36-2)11-7-20/h3-13,16,25H,14-15,17H2,1-2H3. The Kier molecular flexibility index (Phi) is 7.89. The maximum atomic E-state index is 13.6. The molecule has 1 unspecified atom stereocenters. The van der Waals surface area contributed by atoms with Crippen molar-refractivity contribution in [1.29, 1.82) is 0 Å². The zero-order valence-electron chi connectivity index (χ0n) is 20.3. The van der Waals surface area contributed by atoms with Crippen LogP contribution in [0.5, 0.6) is 11.5 Å². The van der Waals surface area contributed by atoms with Gasteiger partial charge in [-0.05, 0) is 72.6 Å². The minimum absolute atomic E-state index is 0.151. The Bertz CT molecular complexity index is 1320. The van der Waals surface area contributed by atoms with Gasteiger partial charge in [-0.25, -0.2) is 4.90 Å². The molecular weight excluding hydrogens is 496 g/mol. The van der Waals surface area contributed by atoms with Gasteiger partial charge in [0.25, 0.3) is 11.8 Å². The van der Waals surface area contributed by atoms with Gasteiger partial charge >= 0.3 is 5.97 Å². The largest absolute Gasteiger partial charge is 0.497 e. The van der Waals surface area contributed by atoms with E-state index in [1.807, 2.05) is 12.1 Å². The van der Waals surface area contributed by atoms with Gasteiger partial charge in [0.15, 0.2) is 0 Å². The predicted molar refractivity (Wildman–Crippen MR) is 138 cm³/mol. The van der Waals surface area contributed by atoms with E-state index in [2.05, 4.69) is 0 Å². The second kappa shape index (κ2) is 11.3. The molecule has 0 spiro atoms. The lowest BCUT2D eigenvalue weighted by atomic mass is 10.1. The fourth-order valence-corrected chi connectivity index (χ4v) is 4.41. The lowest BCUT2D eigenvalue weighted by Crippen LogP contribution is -2.46. The summed E-state index contributed by atoms with van der Waals surface area (Å²) in [6.07, 6.45) is 0.291. The summed E-state index contributed by atoms with van der Waals surface area (Å²) in [5, 5.41) is 0.570. The van der Waals surface area contributed by atoms with E-state index in [-0.39, 0.29) is 18.9 Å². The van der Waals surface area contributed by atoms with Crippen LogP contribution in [0.15, 0.2) is 72.8 Å². The molecule has 1 aliphatic heterocycles. The monoisotopic (exact) mass is 520 g/mol. The summed E-state index contributed by atoms with van der Waals surface area (Å²) in [7, 11) is 1.53. The minimum atomic E-state index is -0.977. The Morgan fingerprint density at radius 3 is 2.30 bits per heavy atom. The summed E-state index contributed by atoms with van der Waals surface area (Å²) in [5.74, 6) is -0.887. The summed E-state index contributed by atoms with van der Waals surface area (Å²) in [4.78, 5) is 53.8. The average molecular weight is 521 g/mol. The van der Waals surface area contributed by atoms with Gasteiger partial charge in [0.2, 0.25) is 5.91 Å². The number of halogens is 1. The fourth-order valence-electron chi connectivity index (χ4n) is 4.20. The predicted octanol–water partition coefficient (Wildman–Crippen LogP) is 4.29. The van der Waals surface area contributed by atoms with E-state index >= 15 is 0 Å². The third kappa shape index (κ3) is 5.98.